The summed E-state index contributed by atoms with van der Waals surface area (Å²) in [7, 11) is 0. The Bertz CT molecular complexity index is 1070. The molecule has 3 amide bonds. The summed E-state index contributed by atoms with van der Waals surface area (Å²) in [5.74, 6) is -0.296. The van der Waals surface area contributed by atoms with Crippen LogP contribution < -0.4 is 10.6 Å². The van der Waals surface area contributed by atoms with Gasteiger partial charge in [-0.25, -0.2) is 9.78 Å². The fourth-order valence-electron chi connectivity index (χ4n) is 3.72. The van der Waals surface area contributed by atoms with Gasteiger partial charge in [0.2, 0.25) is 0 Å². The van der Waals surface area contributed by atoms with E-state index in [0.29, 0.717) is 48.7 Å². The number of thiazole rings is 1. The first-order valence-corrected chi connectivity index (χ1v) is 11.2. The smallest absolute Gasteiger partial charge is 0.317 e. The maximum atomic E-state index is 12.8. The standard InChI is InChI=1S/C23H24N4O3S/c1-2-24-23(30)27-13-11-16(12-14-27)20(28)15-7-9-17(10-8-15)21(29)26-22-25-18-5-3-4-6-19(18)31-22/h3-10,16H,2,11-14H2,1H3,(H,24,30)(H,25,26,29). The number of hydrogen-bond donors (Lipinski definition) is 2. The number of ketones is 1. The zero-order chi connectivity index (χ0) is 21.8. The second kappa shape index (κ2) is 9.26. The fraction of sp³-hybridized carbons (Fsp3) is 0.304. The Morgan fingerprint density at radius 3 is 2.39 bits per heavy atom. The third-order valence-electron chi connectivity index (χ3n) is 5.43. The molecule has 1 fully saturated rings. The lowest BCUT2D eigenvalue weighted by Crippen LogP contribution is -2.45. The minimum atomic E-state index is -0.256. The van der Waals surface area contributed by atoms with E-state index in [0.717, 1.165) is 10.2 Å². The number of anilines is 1. The third kappa shape index (κ3) is 4.74. The lowest BCUT2D eigenvalue weighted by Gasteiger charge is -2.31. The van der Waals surface area contributed by atoms with Crippen molar-refractivity contribution in [3.63, 3.8) is 0 Å². The molecule has 4 rings (SSSR count). The van der Waals surface area contributed by atoms with E-state index in [1.807, 2.05) is 31.2 Å². The quantitative estimate of drug-likeness (QED) is 0.587. The number of rotatable bonds is 5. The molecule has 3 aromatic rings. The molecule has 1 aromatic heterocycles. The largest absolute Gasteiger partial charge is 0.338 e. The van der Waals surface area contributed by atoms with Crippen molar-refractivity contribution in [2.75, 3.05) is 25.0 Å². The Balaban J connectivity index is 1.36. The van der Waals surface area contributed by atoms with Gasteiger partial charge in [0.1, 0.15) is 0 Å². The second-order valence-electron chi connectivity index (χ2n) is 7.48. The molecule has 2 aromatic carbocycles. The van der Waals surface area contributed by atoms with Crippen LogP contribution in [0.3, 0.4) is 0 Å². The van der Waals surface area contributed by atoms with Gasteiger partial charge in [0.25, 0.3) is 5.91 Å². The van der Waals surface area contributed by atoms with Gasteiger partial charge in [0.05, 0.1) is 10.2 Å². The summed E-state index contributed by atoms with van der Waals surface area (Å²) in [6.45, 7) is 3.63. The van der Waals surface area contributed by atoms with E-state index in [-0.39, 0.29) is 23.6 Å². The first-order chi connectivity index (χ1) is 15.0. The van der Waals surface area contributed by atoms with Gasteiger partial charge in [0.15, 0.2) is 10.9 Å². The van der Waals surface area contributed by atoms with Crippen LogP contribution in [0.4, 0.5) is 9.93 Å². The molecule has 2 N–H and O–H groups in total. The zero-order valence-electron chi connectivity index (χ0n) is 17.3. The van der Waals surface area contributed by atoms with Gasteiger partial charge in [-0.05, 0) is 44.0 Å². The molecule has 1 saturated heterocycles. The number of Topliss-reactive ketones (excluding diaryl/α,β-unsaturated/α-hetero) is 1. The molecule has 7 nitrogen and oxygen atoms in total. The van der Waals surface area contributed by atoms with Crippen molar-refractivity contribution >= 4 is 44.4 Å². The van der Waals surface area contributed by atoms with Crippen molar-refractivity contribution in [1.82, 2.24) is 15.2 Å². The van der Waals surface area contributed by atoms with E-state index < -0.39 is 0 Å². The summed E-state index contributed by atoms with van der Waals surface area (Å²) in [6, 6.07) is 14.4. The summed E-state index contributed by atoms with van der Waals surface area (Å²) < 4.78 is 1.01. The Labute approximate surface area is 184 Å². The molecule has 160 valence electrons. The van der Waals surface area contributed by atoms with Crippen LogP contribution in [-0.2, 0) is 0 Å². The Morgan fingerprint density at radius 2 is 1.71 bits per heavy atom. The maximum absolute atomic E-state index is 12.8. The molecule has 0 atom stereocenters. The summed E-state index contributed by atoms with van der Waals surface area (Å²) in [5, 5.41) is 6.17. The van der Waals surface area contributed by atoms with Gasteiger partial charge in [-0.3, -0.25) is 14.9 Å². The van der Waals surface area contributed by atoms with Crippen molar-refractivity contribution < 1.29 is 14.4 Å². The van der Waals surface area contributed by atoms with E-state index in [2.05, 4.69) is 15.6 Å². The van der Waals surface area contributed by atoms with Crippen LogP contribution >= 0.6 is 11.3 Å². The number of aromatic nitrogens is 1. The molecule has 8 heteroatoms. The van der Waals surface area contributed by atoms with Crippen LogP contribution in [0, 0.1) is 5.92 Å². The van der Waals surface area contributed by atoms with Crippen molar-refractivity contribution in [2.45, 2.75) is 19.8 Å². The first-order valence-electron chi connectivity index (χ1n) is 10.4. The lowest BCUT2D eigenvalue weighted by molar-refractivity contribution is 0.0854. The molecule has 31 heavy (non-hydrogen) atoms. The first kappa shape index (κ1) is 21.0. The molecular formula is C23H24N4O3S. The highest BCUT2D eigenvalue weighted by Crippen LogP contribution is 2.26. The SMILES string of the molecule is CCNC(=O)N1CCC(C(=O)c2ccc(C(=O)Nc3nc4ccccc4s3)cc2)CC1. The highest BCUT2D eigenvalue weighted by molar-refractivity contribution is 7.22. The third-order valence-corrected chi connectivity index (χ3v) is 6.38. The fourth-order valence-corrected chi connectivity index (χ4v) is 4.59. The summed E-state index contributed by atoms with van der Waals surface area (Å²) in [6.07, 6.45) is 1.30. The minimum absolute atomic E-state index is 0.0636. The van der Waals surface area contributed by atoms with Crippen LogP contribution in [0.15, 0.2) is 48.5 Å². The average Bonchev–Trinajstić information content (AvgIpc) is 3.21. The monoisotopic (exact) mass is 436 g/mol. The molecule has 0 unspecified atom stereocenters. The summed E-state index contributed by atoms with van der Waals surface area (Å²) in [5.41, 5.74) is 1.91. The zero-order valence-corrected chi connectivity index (χ0v) is 18.1. The molecular weight excluding hydrogens is 412 g/mol. The number of carbonyl (C=O) groups excluding carboxylic acids is 3. The number of benzene rings is 2. The van der Waals surface area contributed by atoms with Crippen LogP contribution in [0.25, 0.3) is 10.2 Å². The van der Waals surface area contributed by atoms with Gasteiger partial charge < -0.3 is 10.2 Å². The molecule has 0 saturated carbocycles. The van der Waals surface area contributed by atoms with Crippen LogP contribution in [0.1, 0.15) is 40.5 Å². The van der Waals surface area contributed by atoms with Crippen LogP contribution in [0.5, 0.6) is 0 Å². The second-order valence-corrected chi connectivity index (χ2v) is 8.51. The predicted molar refractivity (Wildman–Crippen MR) is 122 cm³/mol. The minimum Gasteiger partial charge on any atom is -0.338 e. The molecule has 0 aliphatic carbocycles. The number of likely N-dealkylation sites (tertiary alicyclic amines) is 1. The number of hydrogen-bond acceptors (Lipinski definition) is 5. The molecule has 0 radical (unpaired) electrons. The van der Waals surface area contributed by atoms with E-state index in [4.69, 9.17) is 0 Å². The predicted octanol–water partition coefficient (Wildman–Crippen LogP) is 4.17. The average molecular weight is 437 g/mol. The van der Waals surface area contributed by atoms with Gasteiger partial charge >= 0.3 is 6.03 Å². The number of nitrogens with one attached hydrogen (secondary N) is 2. The normalized spacial score (nSPS) is 14.4. The van der Waals surface area contributed by atoms with Crippen LogP contribution in [-0.4, -0.2) is 47.2 Å². The van der Waals surface area contributed by atoms with Gasteiger partial charge in [0, 0.05) is 36.7 Å². The van der Waals surface area contributed by atoms with Crippen LogP contribution in [0.2, 0.25) is 0 Å². The highest BCUT2D eigenvalue weighted by Gasteiger charge is 2.27. The van der Waals surface area contributed by atoms with Gasteiger partial charge in [-0.2, -0.15) is 0 Å². The lowest BCUT2D eigenvalue weighted by atomic mass is 9.88. The Hall–Kier alpha value is -3.26. The molecule has 0 spiro atoms. The number of amides is 3. The van der Waals surface area contributed by atoms with E-state index in [1.165, 1.54) is 11.3 Å². The van der Waals surface area contributed by atoms with Gasteiger partial charge in [-0.1, -0.05) is 35.6 Å². The number of para-hydroxylation sites is 1. The number of fused-ring (bicyclic) bond motifs is 1. The molecule has 2 heterocycles. The number of nitrogens with zero attached hydrogens (tertiary/aromatic N) is 2. The maximum Gasteiger partial charge on any atom is 0.317 e. The number of carbonyl (C=O) groups is 3. The van der Waals surface area contributed by atoms with Crippen molar-refractivity contribution in [1.29, 1.82) is 0 Å². The summed E-state index contributed by atoms with van der Waals surface area (Å²) >= 11 is 1.42. The van der Waals surface area contributed by atoms with E-state index >= 15 is 0 Å². The van der Waals surface area contributed by atoms with Crippen molar-refractivity contribution in [2.24, 2.45) is 5.92 Å². The van der Waals surface area contributed by atoms with Gasteiger partial charge in [-0.15, -0.1) is 0 Å². The van der Waals surface area contributed by atoms with E-state index in [1.54, 1.807) is 29.2 Å². The summed E-state index contributed by atoms with van der Waals surface area (Å²) in [4.78, 5) is 43.5. The Kier molecular flexibility index (Phi) is 6.27. The Morgan fingerprint density at radius 1 is 1.03 bits per heavy atom. The molecule has 1 aliphatic heterocycles. The topological polar surface area (TPSA) is 91.4 Å². The molecule has 0 bridgehead atoms. The number of urea groups is 1. The van der Waals surface area contributed by atoms with Crippen molar-refractivity contribution in [3.8, 4) is 0 Å². The van der Waals surface area contributed by atoms with Crippen molar-refractivity contribution in [3.05, 3.63) is 59.7 Å². The van der Waals surface area contributed by atoms with E-state index in [9.17, 15) is 14.4 Å². The number of piperidine rings is 1. The highest BCUT2D eigenvalue weighted by atomic mass is 32.1. The molecule has 1 aliphatic rings.